The molecule has 0 radical (unpaired) electrons. The molecule has 3 atom stereocenters. The van der Waals surface area contributed by atoms with Gasteiger partial charge in [0.25, 0.3) is 10.0 Å². The highest BCUT2D eigenvalue weighted by atomic mass is 32.2. The summed E-state index contributed by atoms with van der Waals surface area (Å²) < 4.78 is 94.8. The summed E-state index contributed by atoms with van der Waals surface area (Å²) in [7, 11) is -8.14. The third-order valence-electron chi connectivity index (χ3n) is 6.98. The van der Waals surface area contributed by atoms with Gasteiger partial charge in [0.1, 0.15) is 10.7 Å². The zero-order valence-corrected chi connectivity index (χ0v) is 22.0. The van der Waals surface area contributed by atoms with Crippen molar-refractivity contribution in [2.24, 2.45) is 16.2 Å². The quantitative estimate of drug-likeness (QED) is 0.515. The molecule has 2 N–H and O–H groups in total. The summed E-state index contributed by atoms with van der Waals surface area (Å²) in [4.78, 5) is 28.1. The molecule has 15 heteroatoms. The Balaban J connectivity index is 1.49. The molecule has 10 nitrogen and oxygen atoms in total. The molecule has 2 aromatic carbocycles. The van der Waals surface area contributed by atoms with Gasteiger partial charge in [-0.05, 0) is 48.7 Å². The van der Waals surface area contributed by atoms with Crippen molar-refractivity contribution in [3.8, 4) is 0 Å². The van der Waals surface area contributed by atoms with Gasteiger partial charge in [0.05, 0.1) is 17.5 Å². The number of Topliss-reactive ketones (excluding diaryl/α,β-unsaturated/α-hetero) is 1. The predicted molar refractivity (Wildman–Crippen MR) is 135 cm³/mol. The van der Waals surface area contributed by atoms with Crippen LogP contribution in [0.2, 0.25) is 0 Å². The molecule has 1 unspecified atom stereocenters. The fourth-order valence-electron chi connectivity index (χ4n) is 5.38. The third kappa shape index (κ3) is 5.24. The van der Waals surface area contributed by atoms with E-state index in [1.165, 1.54) is 29.2 Å². The van der Waals surface area contributed by atoms with Crippen LogP contribution in [0.5, 0.6) is 0 Å². The number of amidine groups is 1. The largest absolute Gasteiger partial charge is 0.416 e. The fourth-order valence-corrected chi connectivity index (χ4v) is 7.12. The number of sulfonamides is 2. The van der Waals surface area contributed by atoms with Crippen molar-refractivity contribution in [1.29, 1.82) is 0 Å². The topological polar surface area (TPSA) is 142 Å². The second kappa shape index (κ2) is 9.33. The number of amides is 1. The van der Waals surface area contributed by atoms with Crippen LogP contribution in [-0.2, 0) is 42.4 Å². The Bertz CT molecular complexity index is 1620. The SMILES string of the molecule is CS(=O)(=O)Nc1ccc2c(c1)S(=O)(=O)N=C(C1C(=O)[C@@H]3CCC[C@@H]3N(Cc3cccc(C(F)(F)F)c3)C1=O)N2. The minimum Gasteiger partial charge on any atom is -0.341 e. The van der Waals surface area contributed by atoms with Gasteiger partial charge < -0.3 is 10.2 Å². The molecular formula is C24H23F3N4O6S2. The predicted octanol–water partition coefficient (Wildman–Crippen LogP) is 2.99. The number of ketones is 1. The number of fused-ring (bicyclic) bond motifs is 2. The normalized spacial score (nSPS) is 24.5. The van der Waals surface area contributed by atoms with Gasteiger partial charge in [0, 0.05) is 24.2 Å². The number of hydrogen-bond acceptors (Lipinski definition) is 7. The summed E-state index contributed by atoms with van der Waals surface area (Å²) in [5, 5.41) is 2.74. The van der Waals surface area contributed by atoms with Crippen LogP contribution in [-0.4, -0.2) is 51.6 Å². The lowest BCUT2D eigenvalue weighted by molar-refractivity contribution is -0.149. The summed E-state index contributed by atoms with van der Waals surface area (Å²) in [6.07, 6.45) is -2.11. The van der Waals surface area contributed by atoms with Gasteiger partial charge in [-0.1, -0.05) is 18.6 Å². The van der Waals surface area contributed by atoms with Crippen molar-refractivity contribution in [3.05, 3.63) is 53.6 Å². The molecule has 1 saturated heterocycles. The molecule has 0 bridgehead atoms. The summed E-state index contributed by atoms with van der Waals surface area (Å²) in [5.74, 6) is -3.86. The maximum absolute atomic E-state index is 13.7. The summed E-state index contributed by atoms with van der Waals surface area (Å²) in [6.45, 7) is -0.190. The van der Waals surface area contributed by atoms with Gasteiger partial charge in [0.2, 0.25) is 15.9 Å². The number of alkyl halides is 3. The molecule has 2 fully saturated rings. The highest BCUT2D eigenvalue weighted by Gasteiger charge is 2.52. The Hall–Kier alpha value is -3.46. The van der Waals surface area contributed by atoms with Crippen molar-refractivity contribution in [3.63, 3.8) is 0 Å². The zero-order chi connectivity index (χ0) is 28.3. The van der Waals surface area contributed by atoms with Crippen molar-refractivity contribution in [2.45, 2.75) is 42.9 Å². The van der Waals surface area contributed by atoms with Gasteiger partial charge in [-0.15, -0.1) is 4.40 Å². The van der Waals surface area contributed by atoms with E-state index < -0.39 is 67.2 Å². The van der Waals surface area contributed by atoms with Gasteiger partial charge in [0.15, 0.2) is 11.7 Å². The maximum Gasteiger partial charge on any atom is 0.416 e. The number of anilines is 2. The molecule has 2 heterocycles. The number of hydrogen-bond donors (Lipinski definition) is 2. The van der Waals surface area contributed by atoms with E-state index in [1.54, 1.807) is 0 Å². The molecule has 39 heavy (non-hydrogen) atoms. The summed E-state index contributed by atoms with van der Waals surface area (Å²) in [6, 6.07) is 7.70. The van der Waals surface area contributed by atoms with E-state index in [9.17, 15) is 39.6 Å². The Kier molecular flexibility index (Phi) is 6.49. The second-order valence-electron chi connectivity index (χ2n) is 9.77. The molecule has 2 aromatic rings. The van der Waals surface area contributed by atoms with Crippen molar-refractivity contribution >= 4 is 48.9 Å². The highest BCUT2D eigenvalue weighted by Crippen LogP contribution is 2.41. The monoisotopic (exact) mass is 584 g/mol. The van der Waals surface area contributed by atoms with Crippen LogP contribution < -0.4 is 10.0 Å². The first-order valence-electron chi connectivity index (χ1n) is 11.9. The zero-order valence-electron chi connectivity index (χ0n) is 20.4. The number of halogens is 3. The van der Waals surface area contributed by atoms with Crippen molar-refractivity contribution in [2.75, 3.05) is 16.3 Å². The van der Waals surface area contributed by atoms with E-state index in [0.717, 1.165) is 24.5 Å². The number of carbonyl (C=O) groups excluding carboxylic acids is 2. The van der Waals surface area contributed by atoms with Gasteiger partial charge in [-0.25, -0.2) is 8.42 Å². The first-order chi connectivity index (χ1) is 18.1. The first kappa shape index (κ1) is 27.1. The smallest absolute Gasteiger partial charge is 0.341 e. The third-order valence-corrected chi connectivity index (χ3v) is 8.92. The number of carbonyl (C=O) groups is 2. The Morgan fingerprint density at radius 3 is 2.56 bits per heavy atom. The van der Waals surface area contributed by atoms with Crippen LogP contribution in [0, 0.1) is 11.8 Å². The van der Waals surface area contributed by atoms with Crippen LogP contribution in [0.25, 0.3) is 0 Å². The number of nitrogens with one attached hydrogen (secondary N) is 2. The van der Waals surface area contributed by atoms with E-state index in [2.05, 4.69) is 14.4 Å². The van der Waals surface area contributed by atoms with Crippen LogP contribution in [0.3, 0.4) is 0 Å². The number of likely N-dealkylation sites (tertiary alicyclic amines) is 1. The standard InChI is InChI=1S/C24H23F3N4O6S2/c1-38(34,35)29-15-8-9-17-19(11-15)39(36,37)30-22(28-17)20-21(32)16-6-3-7-18(16)31(23(20)33)12-13-4-2-5-14(10-13)24(25,26)27/h2,4-5,8-11,16,18,20,29H,3,6-7,12H2,1H3,(H,28,30)/t16-,18+,20?/m1/s1. The van der Waals surface area contributed by atoms with Crippen LogP contribution in [0.4, 0.5) is 24.5 Å². The summed E-state index contributed by atoms with van der Waals surface area (Å²) in [5.41, 5.74) is -0.672. The molecule has 0 spiro atoms. The average molecular weight is 585 g/mol. The number of piperidine rings is 1. The molecule has 0 aromatic heterocycles. The second-order valence-corrected chi connectivity index (χ2v) is 13.1. The van der Waals surface area contributed by atoms with Gasteiger partial charge in [-0.2, -0.15) is 21.6 Å². The average Bonchev–Trinajstić information content (AvgIpc) is 3.31. The van der Waals surface area contributed by atoms with Crippen LogP contribution in [0.1, 0.15) is 30.4 Å². The molecule has 1 aliphatic carbocycles. The van der Waals surface area contributed by atoms with Crippen LogP contribution >= 0.6 is 0 Å². The molecule has 1 saturated carbocycles. The van der Waals surface area contributed by atoms with Gasteiger partial charge in [-0.3, -0.25) is 14.3 Å². The molecule has 1 amide bonds. The first-order valence-corrected chi connectivity index (χ1v) is 15.2. The maximum atomic E-state index is 13.7. The minimum absolute atomic E-state index is 0.00220. The number of rotatable bonds is 5. The van der Waals surface area contributed by atoms with E-state index in [-0.39, 0.29) is 28.4 Å². The van der Waals surface area contributed by atoms with Crippen molar-refractivity contribution in [1.82, 2.24) is 4.90 Å². The van der Waals surface area contributed by atoms with Crippen molar-refractivity contribution < 1.29 is 39.6 Å². The van der Waals surface area contributed by atoms with E-state index in [4.69, 9.17) is 0 Å². The lowest BCUT2D eigenvalue weighted by atomic mass is 9.81. The van der Waals surface area contributed by atoms with Gasteiger partial charge >= 0.3 is 6.18 Å². The van der Waals surface area contributed by atoms with E-state index in [1.807, 2.05) is 0 Å². The lowest BCUT2D eigenvalue weighted by Gasteiger charge is -2.41. The van der Waals surface area contributed by atoms with E-state index >= 15 is 0 Å². The minimum atomic E-state index is -4.57. The number of nitrogens with zero attached hydrogens (tertiary/aromatic N) is 2. The van der Waals surface area contributed by atoms with E-state index in [0.29, 0.717) is 19.3 Å². The van der Waals surface area contributed by atoms with Crippen LogP contribution in [0.15, 0.2) is 51.8 Å². The number of benzene rings is 2. The Morgan fingerprint density at radius 2 is 1.87 bits per heavy atom. The summed E-state index contributed by atoms with van der Waals surface area (Å²) >= 11 is 0. The highest BCUT2D eigenvalue weighted by molar-refractivity contribution is 7.92. The Morgan fingerprint density at radius 1 is 1.13 bits per heavy atom. The fraction of sp³-hybridized carbons (Fsp3) is 0.375. The molecule has 2 aliphatic heterocycles. The molecule has 5 rings (SSSR count). The molecule has 3 aliphatic rings. The molecule has 208 valence electrons. The lowest BCUT2D eigenvalue weighted by Crippen LogP contribution is -2.58. The molecular weight excluding hydrogens is 561 g/mol. The Labute approximate surface area is 222 Å².